The second kappa shape index (κ2) is 16.4. The number of ether oxygens (including phenoxy) is 2. The predicted octanol–water partition coefficient (Wildman–Crippen LogP) is 6.14. The zero-order valence-corrected chi connectivity index (χ0v) is 22.6. The van der Waals surface area contributed by atoms with Gasteiger partial charge in [0.25, 0.3) is 0 Å². The van der Waals surface area contributed by atoms with Crippen molar-refractivity contribution in [3.05, 3.63) is 83.3 Å². The fourth-order valence-corrected chi connectivity index (χ4v) is 4.08. The highest BCUT2D eigenvalue weighted by Gasteiger charge is 2.22. The average molecular weight is 527 g/mol. The van der Waals surface area contributed by atoms with Crippen molar-refractivity contribution in [3.8, 4) is 0 Å². The van der Waals surface area contributed by atoms with Crippen LogP contribution in [0.5, 0.6) is 0 Å². The molecule has 1 heterocycles. The van der Waals surface area contributed by atoms with Gasteiger partial charge in [-0.3, -0.25) is 4.79 Å². The quantitative estimate of drug-likeness (QED) is 0.181. The number of benzene rings is 1. The van der Waals surface area contributed by atoms with E-state index in [1.807, 2.05) is 56.3 Å². The standard InChI is InChI=1S/C29H38N2O5S/c1-4-19-36-29(34)31-18-9-12-25(21-31)23(15-16-27(32)33)14-13-22(3)35-20-17-26(5-2)30-28(37)24-10-7-6-8-11-24/h5-8,10-11,13-14H,3-4,9,12,15-21H2,1-2H3,(H,30,37)(H,32,33)/b14-13-,25-23-,26-5+. The summed E-state index contributed by atoms with van der Waals surface area (Å²) in [5.41, 5.74) is 3.84. The Hall–Kier alpha value is -3.39. The van der Waals surface area contributed by atoms with Gasteiger partial charge < -0.3 is 24.8 Å². The van der Waals surface area contributed by atoms with Gasteiger partial charge in [0.15, 0.2) is 0 Å². The Morgan fingerprint density at radius 1 is 1.14 bits per heavy atom. The number of hydrogen-bond acceptors (Lipinski definition) is 5. The first-order valence-corrected chi connectivity index (χ1v) is 13.1. The van der Waals surface area contributed by atoms with Gasteiger partial charge in [0.2, 0.25) is 0 Å². The molecule has 1 amide bonds. The largest absolute Gasteiger partial charge is 0.494 e. The van der Waals surface area contributed by atoms with Gasteiger partial charge in [-0.05, 0) is 49.8 Å². The van der Waals surface area contributed by atoms with Crippen LogP contribution in [0.4, 0.5) is 4.79 Å². The van der Waals surface area contributed by atoms with Crippen LogP contribution in [0, 0.1) is 0 Å². The molecule has 200 valence electrons. The van der Waals surface area contributed by atoms with E-state index in [-0.39, 0.29) is 12.5 Å². The van der Waals surface area contributed by atoms with E-state index < -0.39 is 5.97 Å². The van der Waals surface area contributed by atoms with Crippen LogP contribution >= 0.6 is 12.2 Å². The van der Waals surface area contributed by atoms with Crippen LogP contribution < -0.4 is 5.32 Å². The molecule has 0 saturated carbocycles. The van der Waals surface area contributed by atoms with Gasteiger partial charge in [0, 0.05) is 37.2 Å². The van der Waals surface area contributed by atoms with Crippen molar-refractivity contribution in [2.45, 2.75) is 52.4 Å². The van der Waals surface area contributed by atoms with Gasteiger partial charge in [0.1, 0.15) is 10.7 Å². The molecule has 2 N–H and O–H groups in total. The normalized spacial score (nSPS) is 15.3. The van der Waals surface area contributed by atoms with Gasteiger partial charge in [-0.15, -0.1) is 0 Å². The minimum atomic E-state index is -0.864. The van der Waals surface area contributed by atoms with Crippen LogP contribution in [-0.2, 0) is 14.3 Å². The molecule has 0 atom stereocenters. The smallest absolute Gasteiger partial charge is 0.410 e. The highest BCUT2D eigenvalue weighted by atomic mass is 32.1. The van der Waals surface area contributed by atoms with Crippen LogP contribution in [0.1, 0.15) is 57.9 Å². The number of thiocarbonyl (C=S) groups is 1. The van der Waals surface area contributed by atoms with E-state index in [1.165, 1.54) is 0 Å². The van der Waals surface area contributed by atoms with Crippen LogP contribution in [0.3, 0.4) is 0 Å². The number of rotatable bonds is 13. The monoisotopic (exact) mass is 526 g/mol. The fourth-order valence-electron chi connectivity index (χ4n) is 3.81. The number of allylic oxidation sites excluding steroid dienone is 4. The highest BCUT2D eigenvalue weighted by Crippen LogP contribution is 2.24. The number of piperidine rings is 1. The van der Waals surface area contributed by atoms with Crippen molar-refractivity contribution in [3.63, 3.8) is 0 Å². The third-order valence-electron chi connectivity index (χ3n) is 5.83. The van der Waals surface area contributed by atoms with E-state index in [9.17, 15) is 14.7 Å². The number of carbonyl (C=O) groups excluding carboxylic acids is 1. The van der Waals surface area contributed by atoms with Crippen molar-refractivity contribution >= 4 is 29.3 Å². The van der Waals surface area contributed by atoms with Gasteiger partial charge in [0.05, 0.1) is 13.2 Å². The molecule has 0 aliphatic carbocycles. The first-order valence-electron chi connectivity index (χ1n) is 12.7. The fraction of sp³-hybridized carbons (Fsp3) is 0.414. The molecule has 1 aromatic carbocycles. The Balaban J connectivity index is 1.95. The molecule has 2 rings (SSSR count). The average Bonchev–Trinajstić information content (AvgIpc) is 2.91. The molecule has 7 nitrogen and oxygen atoms in total. The van der Waals surface area contributed by atoms with Crippen LogP contribution in [0.2, 0.25) is 0 Å². The van der Waals surface area contributed by atoms with Crippen molar-refractivity contribution in [1.29, 1.82) is 0 Å². The van der Waals surface area contributed by atoms with Crippen molar-refractivity contribution < 1.29 is 24.2 Å². The number of carboxylic acids is 1. The lowest BCUT2D eigenvalue weighted by Crippen LogP contribution is -2.37. The molecule has 8 heteroatoms. The number of carbonyl (C=O) groups is 2. The second-order valence-corrected chi connectivity index (χ2v) is 9.10. The number of aliphatic carboxylic acids is 1. The Kier molecular flexibility index (Phi) is 13.2. The number of nitrogens with zero attached hydrogens (tertiary/aromatic N) is 1. The van der Waals surface area contributed by atoms with Gasteiger partial charge in [-0.1, -0.05) is 68.2 Å². The second-order valence-electron chi connectivity index (χ2n) is 8.69. The Bertz CT molecular complexity index is 1030. The number of nitrogens with one attached hydrogen (secondary N) is 1. The maximum atomic E-state index is 12.3. The van der Waals surface area contributed by atoms with E-state index in [2.05, 4.69) is 11.9 Å². The summed E-state index contributed by atoms with van der Waals surface area (Å²) in [6.45, 7) is 9.74. The van der Waals surface area contributed by atoms with Crippen molar-refractivity contribution in [1.82, 2.24) is 10.2 Å². The zero-order chi connectivity index (χ0) is 27.0. The molecule has 0 aromatic heterocycles. The maximum Gasteiger partial charge on any atom is 0.410 e. The van der Waals surface area contributed by atoms with Gasteiger partial charge in [-0.2, -0.15) is 0 Å². The van der Waals surface area contributed by atoms with Crippen LogP contribution in [-0.4, -0.2) is 53.4 Å². The third-order valence-corrected chi connectivity index (χ3v) is 6.16. The molecule has 37 heavy (non-hydrogen) atoms. The minimum absolute atomic E-state index is 0.00837. The third kappa shape index (κ3) is 11.0. The number of hydrogen-bond donors (Lipinski definition) is 2. The lowest BCUT2D eigenvalue weighted by atomic mass is 9.95. The molecular formula is C29H38N2O5S. The summed E-state index contributed by atoms with van der Waals surface area (Å²) in [4.78, 5) is 25.9. The SMILES string of the molecule is C=C(/C=C\C(CCC(=O)O)=C1/CCCN(C(=O)OCCC)C1)OCC/C(=C\C)NC(=S)c1ccccc1. The summed E-state index contributed by atoms with van der Waals surface area (Å²) >= 11 is 5.48. The number of carboxylic acid groups (broad SMARTS) is 1. The van der Waals surface area contributed by atoms with Crippen molar-refractivity contribution in [2.75, 3.05) is 26.3 Å². The molecule has 0 radical (unpaired) electrons. The van der Waals surface area contributed by atoms with E-state index in [1.54, 1.807) is 11.0 Å². The van der Waals surface area contributed by atoms with Gasteiger partial charge in [-0.25, -0.2) is 4.79 Å². The predicted molar refractivity (Wildman–Crippen MR) is 150 cm³/mol. The first-order chi connectivity index (χ1) is 17.8. The highest BCUT2D eigenvalue weighted by molar-refractivity contribution is 7.80. The lowest BCUT2D eigenvalue weighted by molar-refractivity contribution is -0.136. The van der Waals surface area contributed by atoms with Crippen LogP contribution in [0.25, 0.3) is 0 Å². The van der Waals surface area contributed by atoms with Crippen molar-refractivity contribution in [2.24, 2.45) is 0 Å². The molecule has 0 unspecified atom stereocenters. The molecule has 1 aromatic rings. The number of likely N-dealkylation sites (tertiary alicyclic amines) is 1. The summed E-state index contributed by atoms with van der Waals surface area (Å²) in [5, 5.41) is 12.5. The first kappa shape index (κ1) is 29.8. The molecular weight excluding hydrogens is 488 g/mol. The Morgan fingerprint density at radius 2 is 1.89 bits per heavy atom. The van der Waals surface area contributed by atoms with E-state index in [4.69, 9.17) is 21.7 Å². The van der Waals surface area contributed by atoms with E-state index >= 15 is 0 Å². The van der Waals surface area contributed by atoms with E-state index in [0.717, 1.165) is 41.7 Å². The summed E-state index contributed by atoms with van der Waals surface area (Å²) in [7, 11) is 0. The Labute approximate surface area is 225 Å². The Morgan fingerprint density at radius 3 is 2.57 bits per heavy atom. The zero-order valence-electron chi connectivity index (χ0n) is 21.8. The molecule has 0 spiro atoms. The summed E-state index contributed by atoms with van der Waals surface area (Å²) < 4.78 is 11.1. The molecule has 1 aliphatic rings. The summed E-state index contributed by atoms with van der Waals surface area (Å²) in [6.07, 6.45) is 8.64. The topological polar surface area (TPSA) is 88.1 Å². The maximum absolute atomic E-state index is 12.3. The minimum Gasteiger partial charge on any atom is -0.494 e. The van der Waals surface area contributed by atoms with E-state index in [0.29, 0.717) is 49.9 Å². The molecule has 0 bridgehead atoms. The number of amides is 1. The lowest BCUT2D eigenvalue weighted by Gasteiger charge is -2.29. The molecule has 1 saturated heterocycles. The summed E-state index contributed by atoms with van der Waals surface area (Å²) in [5.74, 6) is -0.388. The summed E-state index contributed by atoms with van der Waals surface area (Å²) in [6, 6.07) is 9.76. The van der Waals surface area contributed by atoms with Crippen LogP contribution in [0.15, 0.2) is 77.7 Å². The van der Waals surface area contributed by atoms with Gasteiger partial charge >= 0.3 is 12.1 Å². The molecule has 1 aliphatic heterocycles. The molecule has 1 fully saturated rings.